The van der Waals surface area contributed by atoms with E-state index >= 15 is 0 Å². The van der Waals surface area contributed by atoms with Gasteiger partial charge in [-0.2, -0.15) is 0 Å². The van der Waals surface area contributed by atoms with Crippen molar-refractivity contribution in [3.05, 3.63) is 59.2 Å². The van der Waals surface area contributed by atoms with Crippen LogP contribution in [-0.2, 0) is 17.8 Å². The van der Waals surface area contributed by atoms with Gasteiger partial charge >= 0.3 is 0 Å². The van der Waals surface area contributed by atoms with Gasteiger partial charge in [0, 0.05) is 55.3 Å². The molecule has 4 rings (SSSR count). The lowest BCUT2D eigenvalue weighted by Crippen LogP contribution is -2.48. The lowest BCUT2D eigenvalue weighted by atomic mass is 10.00. The van der Waals surface area contributed by atoms with Gasteiger partial charge in [0.15, 0.2) is 0 Å². The van der Waals surface area contributed by atoms with Gasteiger partial charge in [0.25, 0.3) is 5.91 Å². The fourth-order valence-corrected chi connectivity index (χ4v) is 4.21. The molecule has 2 amide bonds. The molecule has 0 aromatic heterocycles. The lowest BCUT2D eigenvalue weighted by molar-refractivity contribution is -0.116. The number of thioether (sulfide) groups is 1. The zero-order valence-electron chi connectivity index (χ0n) is 16.5. The maximum Gasteiger partial charge on any atom is 0.253 e. The van der Waals surface area contributed by atoms with E-state index in [0.29, 0.717) is 12.8 Å². The summed E-state index contributed by atoms with van der Waals surface area (Å²) in [5, 5.41) is 2.87. The molecule has 1 saturated heterocycles. The summed E-state index contributed by atoms with van der Waals surface area (Å²) >= 11 is 1.76. The number of rotatable bonds is 4. The van der Waals surface area contributed by atoms with Gasteiger partial charge in [-0.05, 0) is 54.1 Å². The number of halogens is 1. The smallest absolute Gasteiger partial charge is 0.253 e. The number of aryl methyl sites for hydroxylation is 1. The molecule has 2 aromatic rings. The molecule has 5 nitrogen and oxygen atoms in total. The number of carbonyl (C=O) groups is 2. The molecule has 1 fully saturated rings. The van der Waals surface area contributed by atoms with Crippen molar-refractivity contribution >= 4 is 41.7 Å². The number of anilines is 1. The average molecular weight is 432 g/mol. The molecule has 2 heterocycles. The van der Waals surface area contributed by atoms with Gasteiger partial charge in [-0.15, -0.1) is 24.2 Å². The predicted octanol–water partition coefficient (Wildman–Crippen LogP) is 3.67. The van der Waals surface area contributed by atoms with E-state index in [1.54, 1.807) is 11.8 Å². The highest BCUT2D eigenvalue weighted by Crippen LogP contribution is 2.24. The maximum absolute atomic E-state index is 12.9. The molecular weight excluding hydrogens is 406 g/mol. The van der Waals surface area contributed by atoms with E-state index in [-0.39, 0.29) is 24.2 Å². The van der Waals surface area contributed by atoms with Crippen LogP contribution in [-0.4, -0.2) is 54.0 Å². The monoisotopic (exact) mass is 431 g/mol. The van der Waals surface area contributed by atoms with Crippen molar-refractivity contribution in [1.82, 2.24) is 9.80 Å². The van der Waals surface area contributed by atoms with Gasteiger partial charge < -0.3 is 10.2 Å². The van der Waals surface area contributed by atoms with Gasteiger partial charge in [-0.3, -0.25) is 14.5 Å². The van der Waals surface area contributed by atoms with Crippen LogP contribution >= 0.6 is 24.2 Å². The molecule has 29 heavy (non-hydrogen) atoms. The van der Waals surface area contributed by atoms with Gasteiger partial charge in [0.05, 0.1) is 0 Å². The Morgan fingerprint density at radius 2 is 1.76 bits per heavy atom. The molecule has 2 aromatic carbocycles. The Balaban J connectivity index is 0.00000240. The Hall–Kier alpha value is -2.02. The number of amides is 2. The third-order valence-electron chi connectivity index (χ3n) is 5.47. The minimum Gasteiger partial charge on any atom is -0.336 e. The first-order valence-electron chi connectivity index (χ1n) is 9.70. The summed E-state index contributed by atoms with van der Waals surface area (Å²) in [6.45, 7) is 4.19. The zero-order valence-corrected chi connectivity index (χ0v) is 18.2. The predicted molar refractivity (Wildman–Crippen MR) is 120 cm³/mol. The first kappa shape index (κ1) is 21.7. The van der Waals surface area contributed by atoms with Crippen molar-refractivity contribution in [3.63, 3.8) is 0 Å². The third-order valence-corrected chi connectivity index (χ3v) is 6.22. The molecule has 0 saturated carbocycles. The van der Waals surface area contributed by atoms with Crippen molar-refractivity contribution in [2.45, 2.75) is 24.3 Å². The number of carbonyl (C=O) groups excluding carboxylic acids is 2. The Morgan fingerprint density at radius 3 is 2.45 bits per heavy atom. The molecule has 0 spiro atoms. The van der Waals surface area contributed by atoms with Crippen LogP contribution in [0, 0.1) is 0 Å². The largest absolute Gasteiger partial charge is 0.336 e. The minimum atomic E-state index is 0. The Kier molecular flexibility index (Phi) is 7.22. The van der Waals surface area contributed by atoms with Crippen molar-refractivity contribution in [2.24, 2.45) is 0 Å². The Morgan fingerprint density at radius 1 is 1.03 bits per heavy atom. The number of piperazine rings is 1. The number of benzene rings is 2. The first-order valence-corrected chi connectivity index (χ1v) is 10.9. The number of hydrogen-bond acceptors (Lipinski definition) is 4. The van der Waals surface area contributed by atoms with Gasteiger partial charge in [-0.25, -0.2) is 0 Å². The molecule has 0 aliphatic carbocycles. The molecule has 2 aliphatic heterocycles. The van der Waals surface area contributed by atoms with Gasteiger partial charge in [0.1, 0.15) is 0 Å². The summed E-state index contributed by atoms with van der Waals surface area (Å²) in [5.74, 6) is 0.134. The Labute approximate surface area is 182 Å². The number of nitrogens with zero attached hydrogens (tertiary/aromatic N) is 2. The van der Waals surface area contributed by atoms with Crippen LogP contribution in [0.2, 0.25) is 0 Å². The second-order valence-corrected chi connectivity index (χ2v) is 8.22. The summed E-state index contributed by atoms with van der Waals surface area (Å²) < 4.78 is 0. The fourth-order valence-electron chi connectivity index (χ4n) is 3.80. The summed E-state index contributed by atoms with van der Waals surface area (Å²) in [5.41, 5.74) is 3.92. The normalized spacial score (nSPS) is 16.6. The van der Waals surface area contributed by atoms with Gasteiger partial charge in [0.2, 0.25) is 5.91 Å². The van der Waals surface area contributed by atoms with E-state index < -0.39 is 0 Å². The summed E-state index contributed by atoms with van der Waals surface area (Å²) in [6.07, 6.45) is 3.27. The van der Waals surface area contributed by atoms with Crippen molar-refractivity contribution < 1.29 is 9.59 Å². The standard InChI is InChI=1S/C22H25N3O2S.ClH/c1-28-19-6-2-16(3-7-19)15-24-10-12-25(13-11-24)22(27)18-4-8-20-17(14-18)5-9-21(26)23-20;/h2-4,6-8,14H,5,9-13,15H2,1H3,(H,23,26);1H. The van der Waals surface area contributed by atoms with Crippen LogP contribution < -0.4 is 5.32 Å². The van der Waals surface area contributed by atoms with Crippen LogP contribution in [0.4, 0.5) is 5.69 Å². The second-order valence-electron chi connectivity index (χ2n) is 7.34. The number of nitrogens with one attached hydrogen (secondary N) is 1. The lowest BCUT2D eigenvalue weighted by Gasteiger charge is -2.35. The summed E-state index contributed by atoms with van der Waals surface area (Å²) in [4.78, 5) is 30.0. The summed E-state index contributed by atoms with van der Waals surface area (Å²) in [6, 6.07) is 14.3. The van der Waals surface area contributed by atoms with E-state index in [1.165, 1.54) is 10.5 Å². The van der Waals surface area contributed by atoms with E-state index in [1.807, 2.05) is 23.1 Å². The highest BCUT2D eigenvalue weighted by molar-refractivity contribution is 7.98. The average Bonchev–Trinajstić information content (AvgIpc) is 2.74. The number of hydrogen-bond donors (Lipinski definition) is 1. The van der Waals surface area contributed by atoms with Crippen LogP contribution in [0.1, 0.15) is 27.9 Å². The molecule has 0 atom stereocenters. The van der Waals surface area contributed by atoms with E-state index in [4.69, 9.17) is 0 Å². The van der Waals surface area contributed by atoms with Gasteiger partial charge in [-0.1, -0.05) is 12.1 Å². The molecular formula is C22H26ClN3O2S. The van der Waals surface area contributed by atoms with E-state index in [0.717, 1.165) is 49.5 Å². The maximum atomic E-state index is 12.9. The molecule has 0 unspecified atom stereocenters. The van der Waals surface area contributed by atoms with Crippen LogP contribution in [0.25, 0.3) is 0 Å². The molecule has 0 bridgehead atoms. The highest BCUT2D eigenvalue weighted by Gasteiger charge is 2.23. The third kappa shape index (κ3) is 5.13. The minimum absolute atomic E-state index is 0. The SMILES string of the molecule is CSc1ccc(CN2CCN(C(=O)c3ccc4c(c3)CCC(=O)N4)CC2)cc1.Cl. The first-order chi connectivity index (χ1) is 13.6. The Bertz CT molecular complexity index is 880. The second kappa shape index (κ2) is 9.65. The van der Waals surface area contributed by atoms with Crippen LogP contribution in [0.3, 0.4) is 0 Å². The van der Waals surface area contributed by atoms with E-state index in [9.17, 15) is 9.59 Å². The highest BCUT2D eigenvalue weighted by atomic mass is 35.5. The molecule has 2 aliphatic rings. The van der Waals surface area contributed by atoms with Crippen molar-refractivity contribution in [3.8, 4) is 0 Å². The molecule has 7 heteroatoms. The quantitative estimate of drug-likeness (QED) is 0.750. The van der Waals surface area contributed by atoms with Crippen molar-refractivity contribution in [1.29, 1.82) is 0 Å². The van der Waals surface area contributed by atoms with E-state index in [2.05, 4.69) is 40.7 Å². The topological polar surface area (TPSA) is 52.7 Å². The fraction of sp³-hybridized carbons (Fsp3) is 0.364. The molecule has 154 valence electrons. The van der Waals surface area contributed by atoms with Crippen LogP contribution in [0.5, 0.6) is 0 Å². The van der Waals surface area contributed by atoms with Crippen molar-refractivity contribution in [2.75, 3.05) is 37.8 Å². The zero-order chi connectivity index (χ0) is 19.5. The number of fused-ring (bicyclic) bond motifs is 1. The summed E-state index contributed by atoms with van der Waals surface area (Å²) in [7, 11) is 0. The molecule has 1 N–H and O–H groups in total. The van der Waals surface area contributed by atoms with Crippen LogP contribution in [0.15, 0.2) is 47.4 Å². The molecule has 0 radical (unpaired) electrons.